The van der Waals surface area contributed by atoms with E-state index in [0.717, 1.165) is 19.5 Å². The average Bonchev–Trinajstić information content (AvgIpc) is 2.49. The molecule has 0 bridgehead atoms. The summed E-state index contributed by atoms with van der Waals surface area (Å²) in [6, 6.07) is 6.70. The Bertz CT molecular complexity index is 480. The molecule has 0 unspecified atom stereocenters. The van der Waals surface area contributed by atoms with Gasteiger partial charge >= 0.3 is 0 Å². The van der Waals surface area contributed by atoms with Gasteiger partial charge in [-0.15, -0.1) is 24.0 Å². The first-order valence-corrected chi connectivity index (χ1v) is 7.43. The number of nitrogens with zero attached hydrogens (tertiary/aromatic N) is 2. The molecule has 7 heteroatoms. The fraction of sp³-hybridized carbons (Fsp3) is 0.533. The number of unbranched alkanes of at least 4 members (excludes halogenated alkanes) is 2. The molecule has 6 nitrogen and oxygen atoms in total. The maximum atomic E-state index is 11.0. The minimum absolute atomic E-state index is 0. The summed E-state index contributed by atoms with van der Waals surface area (Å²) in [5, 5.41) is 17.4. The molecule has 0 aliphatic rings. The molecule has 0 aromatic heterocycles. The summed E-state index contributed by atoms with van der Waals surface area (Å²) in [6.45, 7) is 6.06. The molecule has 2 N–H and O–H groups in total. The Balaban J connectivity index is 0.00000441. The molecule has 0 fully saturated rings. The fourth-order valence-electron chi connectivity index (χ4n) is 1.91. The van der Waals surface area contributed by atoms with E-state index in [4.69, 9.17) is 0 Å². The van der Waals surface area contributed by atoms with Crippen LogP contribution in [0.25, 0.3) is 0 Å². The van der Waals surface area contributed by atoms with Crippen LogP contribution in [0.1, 0.15) is 38.7 Å². The molecule has 0 aliphatic heterocycles. The SMILES string of the molecule is CCCCCNC(=NCc1ccccc1[N+](=O)[O-])NCC.I. The number of nitrogens with one attached hydrogen (secondary N) is 2. The van der Waals surface area contributed by atoms with Crippen LogP contribution in [-0.4, -0.2) is 24.0 Å². The number of rotatable bonds is 8. The van der Waals surface area contributed by atoms with E-state index in [1.54, 1.807) is 18.2 Å². The quantitative estimate of drug-likeness (QED) is 0.169. The Morgan fingerprint density at radius 2 is 1.95 bits per heavy atom. The summed E-state index contributed by atoms with van der Waals surface area (Å²) in [6.07, 6.45) is 3.44. The molecular formula is C15H25IN4O2. The van der Waals surface area contributed by atoms with Crippen LogP contribution in [0.3, 0.4) is 0 Å². The van der Waals surface area contributed by atoms with Gasteiger partial charge in [-0.1, -0.05) is 38.0 Å². The highest BCUT2D eigenvalue weighted by molar-refractivity contribution is 14.0. The topological polar surface area (TPSA) is 79.6 Å². The zero-order valence-electron chi connectivity index (χ0n) is 13.2. The molecule has 0 spiro atoms. The van der Waals surface area contributed by atoms with Gasteiger partial charge in [-0.05, 0) is 13.3 Å². The highest BCUT2D eigenvalue weighted by atomic mass is 127. The van der Waals surface area contributed by atoms with E-state index in [-0.39, 0.29) is 34.6 Å². The van der Waals surface area contributed by atoms with Crippen molar-refractivity contribution in [2.75, 3.05) is 13.1 Å². The zero-order chi connectivity index (χ0) is 15.5. The average molecular weight is 420 g/mol. The van der Waals surface area contributed by atoms with Gasteiger partial charge in [-0.25, -0.2) is 4.99 Å². The van der Waals surface area contributed by atoms with E-state index >= 15 is 0 Å². The van der Waals surface area contributed by atoms with Crippen LogP contribution in [0, 0.1) is 10.1 Å². The summed E-state index contributed by atoms with van der Waals surface area (Å²) in [7, 11) is 0. The van der Waals surface area contributed by atoms with E-state index in [0.29, 0.717) is 18.1 Å². The van der Waals surface area contributed by atoms with E-state index in [1.165, 1.54) is 18.9 Å². The number of para-hydroxylation sites is 1. The molecule has 1 aromatic carbocycles. The molecule has 1 aromatic rings. The van der Waals surface area contributed by atoms with E-state index < -0.39 is 0 Å². The van der Waals surface area contributed by atoms with Gasteiger partial charge in [0.25, 0.3) is 5.69 Å². The lowest BCUT2D eigenvalue weighted by atomic mass is 10.2. The maximum absolute atomic E-state index is 11.0. The van der Waals surface area contributed by atoms with E-state index in [1.807, 2.05) is 6.92 Å². The van der Waals surface area contributed by atoms with Gasteiger partial charge in [0.15, 0.2) is 5.96 Å². The van der Waals surface area contributed by atoms with Crippen molar-refractivity contribution < 1.29 is 4.92 Å². The number of hydrogen-bond donors (Lipinski definition) is 2. The number of hydrogen-bond acceptors (Lipinski definition) is 3. The lowest BCUT2D eigenvalue weighted by molar-refractivity contribution is -0.385. The van der Waals surface area contributed by atoms with Gasteiger partial charge < -0.3 is 10.6 Å². The van der Waals surface area contributed by atoms with Crippen molar-refractivity contribution in [2.45, 2.75) is 39.7 Å². The molecule has 1 rings (SSSR count). The van der Waals surface area contributed by atoms with Crippen molar-refractivity contribution in [3.8, 4) is 0 Å². The van der Waals surface area contributed by atoms with Crippen LogP contribution >= 0.6 is 24.0 Å². The molecule has 0 amide bonds. The number of halogens is 1. The largest absolute Gasteiger partial charge is 0.357 e. The van der Waals surface area contributed by atoms with Crippen molar-refractivity contribution in [1.82, 2.24) is 10.6 Å². The normalized spacial score (nSPS) is 10.7. The third-order valence-electron chi connectivity index (χ3n) is 3.01. The second-order valence-corrected chi connectivity index (χ2v) is 4.71. The minimum Gasteiger partial charge on any atom is -0.357 e. The third-order valence-corrected chi connectivity index (χ3v) is 3.01. The van der Waals surface area contributed by atoms with Crippen LogP contribution in [0.15, 0.2) is 29.3 Å². The molecule has 0 saturated carbocycles. The molecule has 0 saturated heterocycles. The zero-order valence-corrected chi connectivity index (χ0v) is 15.5. The third kappa shape index (κ3) is 7.58. The number of guanidine groups is 1. The van der Waals surface area contributed by atoms with E-state index in [2.05, 4.69) is 22.5 Å². The second-order valence-electron chi connectivity index (χ2n) is 4.71. The smallest absolute Gasteiger partial charge is 0.274 e. The van der Waals surface area contributed by atoms with Crippen LogP contribution in [0.4, 0.5) is 5.69 Å². The lowest BCUT2D eigenvalue weighted by Crippen LogP contribution is -2.37. The maximum Gasteiger partial charge on any atom is 0.274 e. The number of aliphatic imine (C=N–C) groups is 1. The minimum atomic E-state index is -0.369. The summed E-state index contributed by atoms with van der Waals surface area (Å²) in [5.41, 5.74) is 0.733. The first-order chi connectivity index (χ1) is 10.2. The highest BCUT2D eigenvalue weighted by Crippen LogP contribution is 2.18. The molecule has 0 radical (unpaired) electrons. The molecule has 0 atom stereocenters. The molecule has 124 valence electrons. The van der Waals surface area contributed by atoms with E-state index in [9.17, 15) is 10.1 Å². The van der Waals surface area contributed by atoms with Crippen molar-refractivity contribution in [3.05, 3.63) is 39.9 Å². The Hall–Kier alpha value is -1.38. The van der Waals surface area contributed by atoms with Gasteiger partial charge in [0.05, 0.1) is 17.0 Å². The standard InChI is InChI=1S/C15H24N4O2.HI/c1-3-5-8-11-17-15(16-4-2)18-12-13-9-6-7-10-14(13)19(20)21;/h6-7,9-10H,3-5,8,11-12H2,1-2H3,(H2,16,17,18);1H. The van der Waals surface area contributed by atoms with Gasteiger partial charge in [0.2, 0.25) is 0 Å². The van der Waals surface area contributed by atoms with Gasteiger partial charge in [0, 0.05) is 19.2 Å². The monoisotopic (exact) mass is 420 g/mol. The molecule has 22 heavy (non-hydrogen) atoms. The van der Waals surface area contributed by atoms with Crippen LogP contribution < -0.4 is 10.6 Å². The Morgan fingerprint density at radius 3 is 2.59 bits per heavy atom. The first-order valence-electron chi connectivity index (χ1n) is 7.43. The van der Waals surface area contributed by atoms with Gasteiger partial charge in [-0.2, -0.15) is 0 Å². The van der Waals surface area contributed by atoms with Crippen molar-refractivity contribution in [2.24, 2.45) is 4.99 Å². The van der Waals surface area contributed by atoms with Gasteiger partial charge in [0.1, 0.15) is 0 Å². The predicted octanol–water partition coefficient (Wildman–Crippen LogP) is 3.46. The van der Waals surface area contributed by atoms with Crippen LogP contribution in [0.2, 0.25) is 0 Å². The first kappa shape index (κ1) is 20.6. The Morgan fingerprint density at radius 1 is 1.23 bits per heavy atom. The number of nitro benzene ring substituents is 1. The van der Waals surface area contributed by atoms with Crippen LogP contribution in [-0.2, 0) is 6.54 Å². The molecule has 0 aliphatic carbocycles. The lowest BCUT2D eigenvalue weighted by Gasteiger charge is -2.11. The van der Waals surface area contributed by atoms with Crippen molar-refractivity contribution in [3.63, 3.8) is 0 Å². The number of nitro groups is 1. The number of benzene rings is 1. The Labute approximate surface area is 149 Å². The molecule has 0 heterocycles. The van der Waals surface area contributed by atoms with Crippen LogP contribution in [0.5, 0.6) is 0 Å². The van der Waals surface area contributed by atoms with Gasteiger partial charge in [-0.3, -0.25) is 10.1 Å². The highest BCUT2D eigenvalue weighted by Gasteiger charge is 2.11. The molecular weight excluding hydrogens is 395 g/mol. The second kappa shape index (κ2) is 12.2. The Kier molecular flexibility index (Phi) is 11.4. The van der Waals surface area contributed by atoms with Crippen molar-refractivity contribution in [1.29, 1.82) is 0 Å². The summed E-state index contributed by atoms with van der Waals surface area (Å²) < 4.78 is 0. The predicted molar refractivity (Wildman–Crippen MR) is 101 cm³/mol. The summed E-state index contributed by atoms with van der Waals surface area (Å²) in [4.78, 5) is 15.0. The fourth-order valence-corrected chi connectivity index (χ4v) is 1.91. The summed E-state index contributed by atoms with van der Waals surface area (Å²) in [5.74, 6) is 0.701. The summed E-state index contributed by atoms with van der Waals surface area (Å²) >= 11 is 0. The van der Waals surface area contributed by atoms with Crippen molar-refractivity contribution >= 4 is 35.6 Å².